The van der Waals surface area contributed by atoms with Crippen molar-refractivity contribution in [1.29, 1.82) is 0 Å². The van der Waals surface area contributed by atoms with Crippen molar-refractivity contribution in [3.63, 3.8) is 0 Å². The summed E-state index contributed by atoms with van der Waals surface area (Å²) >= 11 is 1.66. The molecule has 27 heavy (non-hydrogen) atoms. The van der Waals surface area contributed by atoms with E-state index in [1.807, 2.05) is 13.8 Å². The summed E-state index contributed by atoms with van der Waals surface area (Å²) < 4.78 is 24.6. The SMILES string of the molecule is CCNC(=NCCc1csc(C)n1)NCCc1cc(F)cc2c1OCOC2. The Kier molecular flexibility index (Phi) is 7.00. The van der Waals surface area contributed by atoms with Crippen LogP contribution >= 0.6 is 11.3 Å². The summed E-state index contributed by atoms with van der Waals surface area (Å²) in [5, 5.41) is 9.67. The van der Waals surface area contributed by atoms with Crippen molar-refractivity contribution in [3.05, 3.63) is 45.2 Å². The van der Waals surface area contributed by atoms with Crippen LogP contribution in [0, 0.1) is 12.7 Å². The van der Waals surface area contributed by atoms with E-state index >= 15 is 0 Å². The summed E-state index contributed by atoms with van der Waals surface area (Å²) in [5.74, 6) is 1.22. The maximum atomic E-state index is 13.8. The molecule has 2 heterocycles. The van der Waals surface area contributed by atoms with E-state index < -0.39 is 0 Å². The Bertz CT molecular complexity index is 794. The van der Waals surface area contributed by atoms with E-state index in [0.717, 1.165) is 46.5 Å². The zero-order valence-electron chi connectivity index (χ0n) is 15.7. The fourth-order valence-electron chi connectivity index (χ4n) is 2.91. The highest BCUT2D eigenvalue weighted by atomic mass is 32.1. The van der Waals surface area contributed by atoms with E-state index in [1.54, 1.807) is 11.3 Å². The van der Waals surface area contributed by atoms with Gasteiger partial charge >= 0.3 is 0 Å². The molecular formula is C19H25FN4O2S. The third kappa shape index (κ3) is 5.64. The number of nitrogens with zero attached hydrogens (tertiary/aromatic N) is 2. The van der Waals surface area contributed by atoms with Crippen LogP contribution in [0.1, 0.15) is 28.8 Å². The lowest BCUT2D eigenvalue weighted by molar-refractivity contribution is -0.0172. The van der Waals surface area contributed by atoms with Crippen LogP contribution in [0.2, 0.25) is 0 Å². The predicted molar refractivity (Wildman–Crippen MR) is 105 cm³/mol. The number of halogens is 1. The first-order valence-electron chi connectivity index (χ1n) is 9.10. The summed E-state index contributed by atoms with van der Waals surface area (Å²) in [4.78, 5) is 9.04. The molecule has 1 aromatic carbocycles. The lowest BCUT2D eigenvalue weighted by Crippen LogP contribution is -2.38. The number of hydrogen-bond donors (Lipinski definition) is 2. The van der Waals surface area contributed by atoms with E-state index in [-0.39, 0.29) is 12.6 Å². The predicted octanol–water partition coefficient (Wildman–Crippen LogP) is 2.80. The first-order chi connectivity index (χ1) is 13.2. The number of nitrogens with one attached hydrogen (secondary N) is 2. The Morgan fingerprint density at radius 2 is 2.22 bits per heavy atom. The molecule has 1 aromatic heterocycles. The molecule has 0 atom stereocenters. The first kappa shape index (κ1) is 19.6. The monoisotopic (exact) mass is 392 g/mol. The Labute approximate surface area is 162 Å². The molecule has 2 N–H and O–H groups in total. The molecule has 0 amide bonds. The molecule has 146 valence electrons. The number of ether oxygens (including phenoxy) is 2. The van der Waals surface area contributed by atoms with E-state index in [2.05, 4.69) is 26.0 Å². The van der Waals surface area contributed by atoms with Gasteiger partial charge in [-0.2, -0.15) is 0 Å². The van der Waals surface area contributed by atoms with Crippen molar-refractivity contribution in [2.75, 3.05) is 26.4 Å². The number of hydrogen-bond acceptors (Lipinski definition) is 5. The molecule has 1 aliphatic heterocycles. The number of aliphatic imine (C=N–C) groups is 1. The molecule has 3 rings (SSSR count). The average Bonchev–Trinajstić information content (AvgIpc) is 3.06. The van der Waals surface area contributed by atoms with Gasteiger partial charge in [0.25, 0.3) is 0 Å². The van der Waals surface area contributed by atoms with Crippen LogP contribution in [0.15, 0.2) is 22.5 Å². The average molecular weight is 393 g/mol. The molecule has 2 aromatic rings. The number of thiazole rings is 1. The molecule has 0 unspecified atom stereocenters. The van der Waals surface area contributed by atoms with Gasteiger partial charge in [-0.15, -0.1) is 11.3 Å². The van der Waals surface area contributed by atoms with Gasteiger partial charge in [0.05, 0.1) is 17.3 Å². The molecule has 0 aliphatic carbocycles. The van der Waals surface area contributed by atoms with Crippen LogP contribution in [0.3, 0.4) is 0 Å². The number of guanidine groups is 1. The second-order valence-corrected chi connectivity index (χ2v) is 7.27. The Morgan fingerprint density at radius 1 is 1.33 bits per heavy atom. The van der Waals surface area contributed by atoms with Gasteiger partial charge in [-0.05, 0) is 38.0 Å². The highest BCUT2D eigenvalue weighted by Crippen LogP contribution is 2.29. The molecule has 0 fully saturated rings. The smallest absolute Gasteiger partial charge is 0.191 e. The van der Waals surface area contributed by atoms with E-state index in [1.165, 1.54) is 12.1 Å². The normalized spacial score (nSPS) is 13.8. The van der Waals surface area contributed by atoms with Crippen molar-refractivity contribution in [2.24, 2.45) is 4.99 Å². The topological polar surface area (TPSA) is 67.8 Å². The molecule has 0 radical (unpaired) electrons. The van der Waals surface area contributed by atoms with Crippen LogP contribution in [-0.2, 0) is 24.2 Å². The van der Waals surface area contributed by atoms with Gasteiger partial charge in [-0.3, -0.25) is 4.99 Å². The summed E-state index contributed by atoms with van der Waals surface area (Å²) in [6.07, 6.45) is 1.45. The third-order valence-electron chi connectivity index (χ3n) is 4.09. The van der Waals surface area contributed by atoms with Crippen LogP contribution in [0.4, 0.5) is 4.39 Å². The second kappa shape index (κ2) is 9.66. The lowest BCUT2D eigenvalue weighted by atomic mass is 10.1. The van der Waals surface area contributed by atoms with Crippen molar-refractivity contribution in [1.82, 2.24) is 15.6 Å². The van der Waals surface area contributed by atoms with Crippen molar-refractivity contribution in [2.45, 2.75) is 33.3 Å². The first-order valence-corrected chi connectivity index (χ1v) is 9.98. The van der Waals surface area contributed by atoms with Gasteiger partial charge in [0.15, 0.2) is 12.8 Å². The minimum Gasteiger partial charge on any atom is -0.467 e. The zero-order chi connectivity index (χ0) is 19.1. The fourth-order valence-corrected chi connectivity index (χ4v) is 3.55. The van der Waals surface area contributed by atoms with Gasteiger partial charge in [0.1, 0.15) is 11.6 Å². The summed E-state index contributed by atoms with van der Waals surface area (Å²) in [6.45, 7) is 6.68. The van der Waals surface area contributed by atoms with Crippen LogP contribution in [0.25, 0.3) is 0 Å². The van der Waals surface area contributed by atoms with Gasteiger partial charge in [0, 0.05) is 37.0 Å². The summed E-state index contributed by atoms with van der Waals surface area (Å²) in [6, 6.07) is 3.00. The minimum atomic E-state index is -0.267. The highest BCUT2D eigenvalue weighted by molar-refractivity contribution is 7.09. The van der Waals surface area contributed by atoms with Crippen LogP contribution in [-0.4, -0.2) is 37.4 Å². The van der Waals surface area contributed by atoms with Crippen molar-refractivity contribution < 1.29 is 13.9 Å². The number of benzene rings is 1. The lowest BCUT2D eigenvalue weighted by Gasteiger charge is -2.21. The quantitative estimate of drug-likeness (QED) is 0.560. The van der Waals surface area contributed by atoms with Gasteiger partial charge in [-0.1, -0.05) is 0 Å². The number of fused-ring (bicyclic) bond motifs is 1. The van der Waals surface area contributed by atoms with Crippen LogP contribution < -0.4 is 15.4 Å². The number of aromatic nitrogens is 1. The summed E-state index contributed by atoms with van der Waals surface area (Å²) in [5.41, 5.74) is 2.67. The van der Waals surface area contributed by atoms with Gasteiger partial charge in [-0.25, -0.2) is 9.37 Å². The van der Waals surface area contributed by atoms with Crippen molar-refractivity contribution in [3.8, 4) is 5.75 Å². The van der Waals surface area contributed by atoms with Gasteiger partial charge < -0.3 is 20.1 Å². The molecule has 0 saturated heterocycles. The maximum Gasteiger partial charge on any atom is 0.191 e. The van der Waals surface area contributed by atoms with Gasteiger partial charge in [0.2, 0.25) is 0 Å². The molecule has 0 bridgehead atoms. The van der Waals surface area contributed by atoms with E-state index in [4.69, 9.17) is 9.47 Å². The zero-order valence-corrected chi connectivity index (χ0v) is 16.5. The van der Waals surface area contributed by atoms with Crippen molar-refractivity contribution >= 4 is 17.3 Å². The standard InChI is InChI=1S/C19H25FN4O2S/c1-3-21-19(23-7-5-17-11-27-13(2)24-17)22-6-4-14-8-16(20)9-15-10-25-12-26-18(14)15/h8-9,11H,3-7,10,12H2,1-2H3,(H2,21,22,23). The molecule has 8 heteroatoms. The second-order valence-electron chi connectivity index (χ2n) is 6.21. The maximum absolute atomic E-state index is 13.8. The Hall–Kier alpha value is -2.19. The van der Waals surface area contributed by atoms with E-state index in [9.17, 15) is 4.39 Å². The molecule has 0 saturated carbocycles. The molecule has 0 spiro atoms. The Morgan fingerprint density at radius 3 is 3.00 bits per heavy atom. The van der Waals surface area contributed by atoms with Crippen LogP contribution in [0.5, 0.6) is 5.75 Å². The minimum absolute atomic E-state index is 0.208. The highest BCUT2D eigenvalue weighted by Gasteiger charge is 2.16. The fraction of sp³-hybridized carbons (Fsp3) is 0.474. The Balaban J connectivity index is 1.55. The molecule has 1 aliphatic rings. The number of aryl methyl sites for hydroxylation is 1. The molecule has 6 nitrogen and oxygen atoms in total. The summed E-state index contributed by atoms with van der Waals surface area (Å²) in [7, 11) is 0. The van der Waals surface area contributed by atoms with E-state index in [0.29, 0.717) is 26.1 Å². The number of rotatable bonds is 7. The third-order valence-corrected chi connectivity index (χ3v) is 4.91. The largest absolute Gasteiger partial charge is 0.467 e. The molecular weight excluding hydrogens is 367 g/mol.